The smallest absolute Gasteiger partial charge is 0.322 e. The Kier molecular flexibility index (Phi) is 4.63. The van der Waals surface area contributed by atoms with Crippen molar-refractivity contribution < 1.29 is 14.6 Å². The number of amides is 2. The van der Waals surface area contributed by atoms with Crippen LogP contribution in [0.2, 0.25) is 5.02 Å². The van der Waals surface area contributed by atoms with Crippen LogP contribution in [0.5, 0.6) is 0 Å². The third-order valence-electron chi connectivity index (χ3n) is 2.91. The predicted octanol–water partition coefficient (Wildman–Crippen LogP) is 1.95. The van der Waals surface area contributed by atoms with Crippen molar-refractivity contribution in [3.05, 3.63) is 29.3 Å². The van der Waals surface area contributed by atoms with Gasteiger partial charge in [-0.05, 0) is 31.2 Å². The van der Waals surface area contributed by atoms with Crippen molar-refractivity contribution in [3.63, 3.8) is 0 Å². The van der Waals surface area contributed by atoms with E-state index in [4.69, 9.17) is 21.4 Å². The van der Waals surface area contributed by atoms with Crippen LogP contribution in [-0.4, -0.2) is 47.9 Å². The first kappa shape index (κ1) is 14.1. The van der Waals surface area contributed by atoms with Crippen molar-refractivity contribution in [1.29, 1.82) is 0 Å². The monoisotopic (exact) mass is 284 g/mol. The van der Waals surface area contributed by atoms with E-state index in [0.29, 0.717) is 23.8 Å². The molecule has 0 bridgehead atoms. The summed E-state index contributed by atoms with van der Waals surface area (Å²) in [6.07, 6.45) is -0.401. The Balaban J connectivity index is 1.97. The summed E-state index contributed by atoms with van der Waals surface area (Å²) < 4.78 is 5.49. The summed E-state index contributed by atoms with van der Waals surface area (Å²) in [6, 6.07) is 6.72. The molecule has 2 unspecified atom stereocenters. The van der Waals surface area contributed by atoms with Crippen molar-refractivity contribution in [2.75, 3.05) is 25.0 Å². The van der Waals surface area contributed by atoms with Crippen molar-refractivity contribution in [3.8, 4) is 0 Å². The van der Waals surface area contributed by atoms with Crippen LogP contribution in [0.3, 0.4) is 0 Å². The third kappa shape index (κ3) is 3.83. The largest absolute Gasteiger partial charge is 0.394 e. The number of nitrogens with one attached hydrogen (secondary N) is 1. The summed E-state index contributed by atoms with van der Waals surface area (Å²) >= 11 is 5.79. The molecule has 5 nitrogen and oxygen atoms in total. The number of carbonyl (C=O) groups is 1. The van der Waals surface area contributed by atoms with Crippen LogP contribution in [0.25, 0.3) is 0 Å². The molecule has 1 aliphatic rings. The molecule has 0 spiro atoms. The van der Waals surface area contributed by atoms with Gasteiger partial charge in [0.05, 0.1) is 25.4 Å². The molecular weight excluding hydrogens is 268 g/mol. The molecule has 104 valence electrons. The number of urea groups is 1. The van der Waals surface area contributed by atoms with Crippen LogP contribution >= 0.6 is 11.6 Å². The average Bonchev–Trinajstić information content (AvgIpc) is 2.40. The van der Waals surface area contributed by atoms with Crippen molar-refractivity contribution in [2.24, 2.45) is 0 Å². The number of rotatable bonds is 2. The third-order valence-corrected chi connectivity index (χ3v) is 3.16. The lowest BCUT2D eigenvalue weighted by molar-refractivity contribution is -0.0822. The molecule has 1 aromatic carbocycles. The highest BCUT2D eigenvalue weighted by molar-refractivity contribution is 6.30. The number of hydrogen-bond donors (Lipinski definition) is 2. The lowest BCUT2D eigenvalue weighted by atomic mass is 10.2. The normalized spacial score (nSPS) is 23.2. The van der Waals surface area contributed by atoms with Gasteiger partial charge in [0.15, 0.2) is 0 Å². The number of benzene rings is 1. The molecule has 2 atom stereocenters. The minimum absolute atomic E-state index is 0.0816. The molecule has 0 radical (unpaired) electrons. The highest BCUT2D eigenvalue weighted by Crippen LogP contribution is 2.16. The van der Waals surface area contributed by atoms with Crippen LogP contribution in [-0.2, 0) is 4.74 Å². The lowest BCUT2D eigenvalue weighted by Crippen LogP contribution is -2.51. The van der Waals surface area contributed by atoms with Crippen molar-refractivity contribution in [2.45, 2.75) is 19.1 Å². The second-order valence-corrected chi connectivity index (χ2v) is 5.03. The predicted molar refractivity (Wildman–Crippen MR) is 73.5 cm³/mol. The second-order valence-electron chi connectivity index (χ2n) is 4.59. The summed E-state index contributed by atoms with van der Waals surface area (Å²) in [5.41, 5.74) is 0.689. The quantitative estimate of drug-likeness (QED) is 0.873. The van der Waals surface area contributed by atoms with E-state index in [9.17, 15) is 4.79 Å². The van der Waals surface area contributed by atoms with Crippen molar-refractivity contribution >= 4 is 23.3 Å². The van der Waals surface area contributed by atoms with Crippen LogP contribution < -0.4 is 5.32 Å². The molecule has 1 fully saturated rings. The number of carbonyl (C=O) groups excluding carboxylic acids is 1. The maximum absolute atomic E-state index is 12.1. The lowest BCUT2D eigenvalue weighted by Gasteiger charge is -2.35. The van der Waals surface area contributed by atoms with Gasteiger partial charge in [0.25, 0.3) is 0 Å². The Morgan fingerprint density at radius 1 is 1.47 bits per heavy atom. The Bertz CT molecular complexity index is 438. The first-order valence-electron chi connectivity index (χ1n) is 6.16. The summed E-state index contributed by atoms with van der Waals surface area (Å²) in [5, 5.41) is 12.5. The van der Waals surface area contributed by atoms with Gasteiger partial charge in [0.1, 0.15) is 0 Å². The number of aliphatic hydroxyl groups is 1. The molecule has 2 rings (SSSR count). The molecule has 2 N–H and O–H groups in total. The summed E-state index contributed by atoms with van der Waals surface area (Å²) in [5.74, 6) is 0. The highest BCUT2D eigenvalue weighted by Gasteiger charge is 2.27. The average molecular weight is 285 g/mol. The zero-order valence-electron chi connectivity index (χ0n) is 10.7. The van der Waals surface area contributed by atoms with Crippen LogP contribution in [0.15, 0.2) is 24.3 Å². The zero-order chi connectivity index (χ0) is 13.8. The second kappa shape index (κ2) is 6.23. The molecule has 1 aromatic rings. The van der Waals surface area contributed by atoms with Gasteiger partial charge in [-0.25, -0.2) is 4.79 Å². The van der Waals surface area contributed by atoms with Gasteiger partial charge >= 0.3 is 6.03 Å². The number of hydrogen-bond acceptors (Lipinski definition) is 3. The Morgan fingerprint density at radius 2 is 2.16 bits per heavy atom. The minimum Gasteiger partial charge on any atom is -0.394 e. The van der Waals surface area contributed by atoms with Gasteiger partial charge in [-0.15, -0.1) is 0 Å². The molecule has 0 saturated carbocycles. The fourth-order valence-corrected chi connectivity index (χ4v) is 2.17. The maximum Gasteiger partial charge on any atom is 0.322 e. The number of aliphatic hydroxyl groups excluding tert-OH is 1. The summed E-state index contributed by atoms with van der Waals surface area (Å²) in [4.78, 5) is 13.7. The molecule has 0 aliphatic carbocycles. The number of ether oxygens (including phenoxy) is 1. The van der Waals surface area contributed by atoms with Gasteiger partial charge in [0.2, 0.25) is 0 Å². The van der Waals surface area contributed by atoms with Gasteiger partial charge in [-0.1, -0.05) is 11.6 Å². The van der Waals surface area contributed by atoms with Gasteiger partial charge in [-0.3, -0.25) is 0 Å². The van der Waals surface area contributed by atoms with Crippen LogP contribution in [0.4, 0.5) is 10.5 Å². The molecule has 0 aromatic heterocycles. The summed E-state index contributed by atoms with van der Waals surface area (Å²) in [6.45, 7) is 2.69. The molecule has 2 amide bonds. The molecule has 1 heterocycles. The Morgan fingerprint density at radius 3 is 2.79 bits per heavy atom. The molecule has 19 heavy (non-hydrogen) atoms. The maximum atomic E-state index is 12.1. The fourth-order valence-electron chi connectivity index (χ4n) is 2.05. The van der Waals surface area contributed by atoms with Crippen molar-refractivity contribution in [1.82, 2.24) is 4.90 Å². The van der Waals surface area contributed by atoms with Crippen LogP contribution in [0.1, 0.15) is 6.92 Å². The van der Waals surface area contributed by atoms with E-state index in [1.165, 1.54) is 0 Å². The van der Waals surface area contributed by atoms with E-state index in [1.54, 1.807) is 29.2 Å². The summed E-state index contributed by atoms with van der Waals surface area (Å²) in [7, 11) is 0. The number of halogens is 1. The van der Waals surface area contributed by atoms with E-state index in [-0.39, 0.29) is 24.8 Å². The Labute approximate surface area is 117 Å². The number of morpholine rings is 1. The molecule has 1 aliphatic heterocycles. The molecule has 1 saturated heterocycles. The minimum atomic E-state index is -0.320. The van der Waals surface area contributed by atoms with E-state index in [0.717, 1.165) is 0 Å². The topological polar surface area (TPSA) is 61.8 Å². The highest BCUT2D eigenvalue weighted by atomic mass is 35.5. The van der Waals surface area contributed by atoms with Gasteiger partial charge < -0.3 is 20.1 Å². The van der Waals surface area contributed by atoms with E-state index in [2.05, 4.69) is 5.32 Å². The van der Waals surface area contributed by atoms with Gasteiger partial charge in [0, 0.05) is 17.3 Å². The number of nitrogens with zero attached hydrogens (tertiary/aromatic N) is 1. The van der Waals surface area contributed by atoms with E-state index < -0.39 is 0 Å². The Hall–Kier alpha value is -1.30. The van der Waals surface area contributed by atoms with Gasteiger partial charge in [-0.2, -0.15) is 0 Å². The molecule has 6 heteroatoms. The zero-order valence-corrected chi connectivity index (χ0v) is 11.4. The SMILES string of the molecule is CC1CN(C(=O)Nc2ccc(Cl)cc2)CC(CO)O1. The van der Waals surface area contributed by atoms with E-state index >= 15 is 0 Å². The first-order chi connectivity index (χ1) is 9.08. The standard InChI is InChI=1S/C13H17ClN2O3/c1-9-6-16(7-12(8-17)19-9)13(18)15-11-4-2-10(14)3-5-11/h2-5,9,12,17H,6-8H2,1H3,(H,15,18). The fraction of sp³-hybridized carbons (Fsp3) is 0.462. The number of anilines is 1. The molecular formula is C13H17ClN2O3. The first-order valence-corrected chi connectivity index (χ1v) is 6.54. The van der Waals surface area contributed by atoms with E-state index in [1.807, 2.05) is 6.92 Å². The van der Waals surface area contributed by atoms with Crippen LogP contribution in [0, 0.1) is 0 Å².